The van der Waals surface area contributed by atoms with E-state index in [-0.39, 0.29) is 6.04 Å². The van der Waals surface area contributed by atoms with Crippen molar-refractivity contribution in [1.29, 1.82) is 0 Å². The van der Waals surface area contributed by atoms with Gasteiger partial charge >= 0.3 is 0 Å². The van der Waals surface area contributed by atoms with Gasteiger partial charge in [0, 0.05) is 6.04 Å². The number of hydrazine groups is 1. The zero-order valence-electron chi connectivity index (χ0n) is 8.64. The molecule has 0 spiro atoms. The normalized spacial score (nSPS) is 17.5. The molecular formula is C11H13F3N2. The van der Waals surface area contributed by atoms with E-state index in [1.807, 2.05) is 0 Å². The topological polar surface area (TPSA) is 38.0 Å². The molecule has 0 aliphatic heterocycles. The Kier molecular flexibility index (Phi) is 3.16. The fourth-order valence-electron chi connectivity index (χ4n) is 1.76. The molecule has 1 unspecified atom stereocenters. The van der Waals surface area contributed by atoms with Gasteiger partial charge in [0.25, 0.3) is 0 Å². The molecular weight excluding hydrogens is 217 g/mol. The molecule has 0 saturated heterocycles. The first-order valence-corrected chi connectivity index (χ1v) is 5.22. The maximum absolute atomic E-state index is 13.0. The Bertz CT molecular complexity index is 368. The van der Waals surface area contributed by atoms with Crippen molar-refractivity contribution < 1.29 is 13.2 Å². The predicted octanol–water partition coefficient (Wildman–Crippen LogP) is 2.41. The predicted molar refractivity (Wildman–Crippen MR) is 53.7 cm³/mol. The molecule has 1 aliphatic carbocycles. The van der Waals surface area contributed by atoms with Crippen LogP contribution in [0.5, 0.6) is 0 Å². The van der Waals surface area contributed by atoms with Crippen LogP contribution in [0.3, 0.4) is 0 Å². The lowest BCUT2D eigenvalue weighted by atomic mass is 10.0. The highest BCUT2D eigenvalue weighted by Crippen LogP contribution is 2.37. The van der Waals surface area contributed by atoms with Crippen LogP contribution in [-0.2, 0) is 0 Å². The van der Waals surface area contributed by atoms with Crippen molar-refractivity contribution in [2.24, 2.45) is 11.8 Å². The monoisotopic (exact) mass is 230 g/mol. The van der Waals surface area contributed by atoms with Crippen LogP contribution in [0, 0.1) is 23.4 Å². The summed E-state index contributed by atoms with van der Waals surface area (Å²) in [6, 6.07) is 1.66. The smallest absolute Gasteiger partial charge is 0.194 e. The minimum Gasteiger partial charge on any atom is -0.271 e. The van der Waals surface area contributed by atoms with Gasteiger partial charge in [-0.25, -0.2) is 13.2 Å². The highest BCUT2D eigenvalue weighted by Gasteiger charge is 2.26. The van der Waals surface area contributed by atoms with Crippen LogP contribution in [0.25, 0.3) is 0 Å². The lowest BCUT2D eigenvalue weighted by Gasteiger charge is -2.16. The maximum atomic E-state index is 13.0. The molecule has 2 nitrogen and oxygen atoms in total. The summed E-state index contributed by atoms with van der Waals surface area (Å²) in [4.78, 5) is 0. The second kappa shape index (κ2) is 4.43. The van der Waals surface area contributed by atoms with Crippen LogP contribution in [0.4, 0.5) is 13.2 Å². The van der Waals surface area contributed by atoms with E-state index in [0.717, 1.165) is 31.4 Å². The molecule has 88 valence electrons. The first kappa shape index (κ1) is 11.4. The molecule has 3 N–H and O–H groups in total. The van der Waals surface area contributed by atoms with Gasteiger partial charge in [0.15, 0.2) is 17.5 Å². The Hall–Kier alpha value is -1.07. The van der Waals surface area contributed by atoms with E-state index in [2.05, 4.69) is 5.43 Å². The molecule has 1 fully saturated rings. The molecule has 2 rings (SSSR count). The standard InChI is InChI=1S/C11H13F3N2/c12-8-4-7(5-9(13)11(8)14)10(16-15)3-6-1-2-6/h4-6,10,16H,1-3,15H2. The van der Waals surface area contributed by atoms with Crippen LogP contribution in [0.1, 0.15) is 30.9 Å². The number of rotatable bonds is 4. The van der Waals surface area contributed by atoms with Gasteiger partial charge in [0.2, 0.25) is 0 Å². The lowest BCUT2D eigenvalue weighted by molar-refractivity contribution is 0.433. The van der Waals surface area contributed by atoms with E-state index in [1.54, 1.807) is 0 Å². The van der Waals surface area contributed by atoms with Crippen molar-refractivity contribution >= 4 is 0 Å². The Labute approximate surface area is 91.6 Å². The summed E-state index contributed by atoms with van der Waals surface area (Å²) in [5.74, 6) is 2.09. The van der Waals surface area contributed by atoms with E-state index in [1.165, 1.54) is 0 Å². The summed E-state index contributed by atoms with van der Waals surface area (Å²) < 4.78 is 38.8. The fraction of sp³-hybridized carbons (Fsp3) is 0.455. The van der Waals surface area contributed by atoms with Crippen molar-refractivity contribution in [2.45, 2.75) is 25.3 Å². The summed E-state index contributed by atoms with van der Waals surface area (Å²) in [6.45, 7) is 0. The molecule has 0 bridgehead atoms. The Balaban J connectivity index is 2.22. The second-order valence-electron chi connectivity index (χ2n) is 4.20. The van der Waals surface area contributed by atoms with E-state index in [4.69, 9.17) is 5.84 Å². The summed E-state index contributed by atoms with van der Waals surface area (Å²) in [6.07, 6.45) is 2.95. The van der Waals surface area contributed by atoms with Crippen LogP contribution < -0.4 is 11.3 Å². The summed E-state index contributed by atoms with van der Waals surface area (Å²) in [5.41, 5.74) is 2.86. The number of benzene rings is 1. The average molecular weight is 230 g/mol. The van der Waals surface area contributed by atoms with Crippen molar-refractivity contribution in [3.8, 4) is 0 Å². The molecule has 1 saturated carbocycles. The van der Waals surface area contributed by atoms with Gasteiger partial charge in [-0.1, -0.05) is 12.8 Å². The van der Waals surface area contributed by atoms with Gasteiger partial charge in [-0.15, -0.1) is 0 Å². The quantitative estimate of drug-likeness (QED) is 0.473. The van der Waals surface area contributed by atoms with Crippen molar-refractivity contribution in [3.05, 3.63) is 35.1 Å². The molecule has 1 aromatic rings. The van der Waals surface area contributed by atoms with Gasteiger partial charge in [-0.05, 0) is 30.0 Å². The third-order valence-corrected chi connectivity index (χ3v) is 2.88. The van der Waals surface area contributed by atoms with Gasteiger partial charge in [-0.2, -0.15) is 0 Å². The van der Waals surface area contributed by atoms with Crippen molar-refractivity contribution in [3.63, 3.8) is 0 Å². The molecule has 5 heteroatoms. The molecule has 0 amide bonds. The van der Waals surface area contributed by atoms with Crippen molar-refractivity contribution in [2.75, 3.05) is 0 Å². The van der Waals surface area contributed by atoms with E-state index in [0.29, 0.717) is 11.5 Å². The molecule has 0 radical (unpaired) electrons. The zero-order chi connectivity index (χ0) is 11.7. The molecule has 1 aromatic carbocycles. The minimum atomic E-state index is -1.44. The molecule has 1 aliphatic rings. The van der Waals surface area contributed by atoms with Gasteiger partial charge in [0.05, 0.1) is 0 Å². The highest BCUT2D eigenvalue weighted by molar-refractivity contribution is 5.22. The Morgan fingerprint density at radius 1 is 1.25 bits per heavy atom. The average Bonchev–Trinajstić information content (AvgIpc) is 3.05. The summed E-state index contributed by atoms with van der Waals surface area (Å²) >= 11 is 0. The van der Waals surface area contributed by atoms with Gasteiger partial charge < -0.3 is 0 Å². The van der Waals surface area contributed by atoms with Crippen LogP contribution in [0.2, 0.25) is 0 Å². The van der Waals surface area contributed by atoms with Gasteiger partial charge in [0.1, 0.15) is 0 Å². The number of halogens is 3. The molecule has 0 aromatic heterocycles. The van der Waals surface area contributed by atoms with Crippen LogP contribution in [-0.4, -0.2) is 0 Å². The highest BCUT2D eigenvalue weighted by atomic mass is 19.2. The molecule has 0 heterocycles. The molecule has 16 heavy (non-hydrogen) atoms. The van der Waals surface area contributed by atoms with Crippen LogP contribution in [0.15, 0.2) is 12.1 Å². The number of nitrogens with one attached hydrogen (secondary N) is 1. The third-order valence-electron chi connectivity index (χ3n) is 2.88. The van der Waals surface area contributed by atoms with E-state index >= 15 is 0 Å². The summed E-state index contributed by atoms with van der Waals surface area (Å²) in [7, 11) is 0. The number of hydrogen-bond acceptors (Lipinski definition) is 2. The Morgan fingerprint density at radius 3 is 2.25 bits per heavy atom. The second-order valence-corrected chi connectivity index (χ2v) is 4.20. The lowest BCUT2D eigenvalue weighted by Crippen LogP contribution is -2.28. The first-order chi connectivity index (χ1) is 7.61. The summed E-state index contributed by atoms with van der Waals surface area (Å²) in [5, 5.41) is 0. The first-order valence-electron chi connectivity index (χ1n) is 5.22. The third kappa shape index (κ3) is 2.36. The number of hydrogen-bond donors (Lipinski definition) is 2. The largest absolute Gasteiger partial charge is 0.271 e. The van der Waals surface area contributed by atoms with Crippen molar-refractivity contribution in [1.82, 2.24) is 5.43 Å². The zero-order valence-corrected chi connectivity index (χ0v) is 8.64. The minimum absolute atomic E-state index is 0.322. The fourth-order valence-corrected chi connectivity index (χ4v) is 1.76. The Morgan fingerprint density at radius 2 is 1.81 bits per heavy atom. The van der Waals surface area contributed by atoms with Crippen LogP contribution >= 0.6 is 0 Å². The van der Waals surface area contributed by atoms with E-state index < -0.39 is 17.5 Å². The number of nitrogens with two attached hydrogens (primary N) is 1. The van der Waals surface area contributed by atoms with E-state index in [9.17, 15) is 13.2 Å². The SMILES string of the molecule is NNC(CC1CC1)c1cc(F)c(F)c(F)c1. The van der Waals surface area contributed by atoms with Gasteiger partial charge in [-0.3, -0.25) is 11.3 Å². The molecule has 1 atom stereocenters. The maximum Gasteiger partial charge on any atom is 0.194 e.